The minimum atomic E-state index is -0.636. The first-order valence-electron chi connectivity index (χ1n) is 7.36. The number of oxime groups is 1. The molecule has 0 aliphatic carbocycles. The molecule has 0 fully saturated rings. The van der Waals surface area contributed by atoms with Gasteiger partial charge in [0.25, 0.3) is 5.91 Å². The predicted octanol–water partition coefficient (Wildman–Crippen LogP) is 3.25. The molecule has 0 saturated carbocycles. The number of nitrogens with zero attached hydrogens (tertiary/aromatic N) is 3. The Balaban J connectivity index is 1.60. The van der Waals surface area contributed by atoms with Gasteiger partial charge in [-0.3, -0.25) is 9.48 Å². The van der Waals surface area contributed by atoms with E-state index < -0.39 is 6.10 Å². The van der Waals surface area contributed by atoms with Crippen LogP contribution in [-0.4, -0.2) is 27.5 Å². The number of nitrogens with one attached hydrogen (secondary N) is 1. The van der Waals surface area contributed by atoms with Gasteiger partial charge in [-0.2, -0.15) is 5.10 Å². The number of aromatic nitrogens is 2. The molecule has 1 aromatic heterocycles. The van der Waals surface area contributed by atoms with Gasteiger partial charge in [0, 0.05) is 23.7 Å². The average molecular weight is 333 g/mol. The first-order valence-corrected chi connectivity index (χ1v) is 7.74. The van der Waals surface area contributed by atoms with Crippen LogP contribution in [0.2, 0.25) is 5.02 Å². The van der Waals surface area contributed by atoms with Crippen LogP contribution in [0.25, 0.3) is 0 Å². The standard InChI is InChI=1S/C16H17ClN4O2/c1-10(2)21-9-13(8-18-21)19-16(22)15-7-14(20-23-15)11-3-5-12(17)6-4-11/h3-6,8-10,15H,7H2,1-2H3,(H,19,22). The minimum Gasteiger partial charge on any atom is -0.382 e. The summed E-state index contributed by atoms with van der Waals surface area (Å²) in [5.74, 6) is -0.235. The molecule has 0 radical (unpaired) electrons. The molecule has 1 unspecified atom stereocenters. The summed E-state index contributed by atoms with van der Waals surface area (Å²) in [6.07, 6.45) is 3.20. The van der Waals surface area contributed by atoms with E-state index in [1.54, 1.807) is 29.2 Å². The van der Waals surface area contributed by atoms with E-state index in [1.165, 1.54) is 0 Å². The molecule has 1 atom stereocenters. The maximum Gasteiger partial charge on any atom is 0.268 e. The summed E-state index contributed by atoms with van der Waals surface area (Å²) in [5.41, 5.74) is 2.28. The number of carbonyl (C=O) groups excluding carboxylic acids is 1. The predicted molar refractivity (Wildman–Crippen MR) is 88.7 cm³/mol. The lowest BCUT2D eigenvalue weighted by Crippen LogP contribution is -2.27. The van der Waals surface area contributed by atoms with Gasteiger partial charge in [-0.1, -0.05) is 28.9 Å². The van der Waals surface area contributed by atoms with Crippen LogP contribution in [0.15, 0.2) is 41.8 Å². The maximum absolute atomic E-state index is 12.3. The Morgan fingerprint density at radius 3 is 2.78 bits per heavy atom. The molecule has 3 rings (SSSR count). The lowest BCUT2D eigenvalue weighted by atomic mass is 10.0. The van der Waals surface area contributed by atoms with Crippen molar-refractivity contribution in [1.29, 1.82) is 0 Å². The molecule has 1 aromatic carbocycles. The normalized spacial score (nSPS) is 17.0. The van der Waals surface area contributed by atoms with Crippen molar-refractivity contribution in [3.63, 3.8) is 0 Å². The molecule has 120 valence electrons. The van der Waals surface area contributed by atoms with Crippen LogP contribution in [0.4, 0.5) is 5.69 Å². The van der Waals surface area contributed by atoms with E-state index >= 15 is 0 Å². The first-order chi connectivity index (χ1) is 11.0. The summed E-state index contributed by atoms with van der Waals surface area (Å²) in [6.45, 7) is 4.04. The molecular formula is C16H17ClN4O2. The van der Waals surface area contributed by atoms with Gasteiger partial charge >= 0.3 is 0 Å². The van der Waals surface area contributed by atoms with Crippen molar-refractivity contribution in [2.75, 3.05) is 5.32 Å². The van der Waals surface area contributed by atoms with Crippen molar-refractivity contribution in [3.05, 3.63) is 47.2 Å². The molecule has 0 saturated heterocycles. The Labute approximate surface area is 139 Å². The van der Waals surface area contributed by atoms with Gasteiger partial charge in [-0.25, -0.2) is 0 Å². The Bertz CT molecular complexity index is 737. The molecule has 2 heterocycles. The summed E-state index contributed by atoms with van der Waals surface area (Å²) in [5, 5.41) is 11.6. The lowest BCUT2D eigenvalue weighted by Gasteiger charge is -2.08. The third kappa shape index (κ3) is 3.53. The highest BCUT2D eigenvalue weighted by Crippen LogP contribution is 2.20. The van der Waals surface area contributed by atoms with E-state index in [-0.39, 0.29) is 11.9 Å². The molecule has 1 aliphatic heterocycles. The van der Waals surface area contributed by atoms with Crippen LogP contribution in [0.5, 0.6) is 0 Å². The molecule has 0 bridgehead atoms. The van der Waals surface area contributed by atoms with Crippen LogP contribution in [0, 0.1) is 0 Å². The quantitative estimate of drug-likeness (QED) is 0.934. The molecule has 7 heteroatoms. The third-order valence-corrected chi connectivity index (χ3v) is 3.79. The van der Waals surface area contributed by atoms with Crippen LogP contribution in [-0.2, 0) is 9.63 Å². The summed E-state index contributed by atoms with van der Waals surface area (Å²) < 4.78 is 1.78. The second kappa shape index (κ2) is 6.42. The number of carbonyl (C=O) groups is 1. The molecule has 6 nitrogen and oxygen atoms in total. The number of hydrogen-bond donors (Lipinski definition) is 1. The SMILES string of the molecule is CC(C)n1cc(NC(=O)C2CC(c3ccc(Cl)cc3)=NO2)cn1. The van der Waals surface area contributed by atoms with Crippen molar-refractivity contribution < 1.29 is 9.63 Å². The minimum absolute atomic E-state index is 0.235. The summed E-state index contributed by atoms with van der Waals surface area (Å²) >= 11 is 5.87. The molecule has 0 spiro atoms. The van der Waals surface area contributed by atoms with Gasteiger partial charge in [-0.15, -0.1) is 0 Å². The van der Waals surface area contributed by atoms with Crippen LogP contribution >= 0.6 is 11.6 Å². The van der Waals surface area contributed by atoms with Gasteiger partial charge in [0.1, 0.15) is 0 Å². The summed E-state index contributed by atoms with van der Waals surface area (Å²) in [7, 11) is 0. The van der Waals surface area contributed by atoms with E-state index in [4.69, 9.17) is 16.4 Å². The van der Waals surface area contributed by atoms with Crippen LogP contribution in [0.3, 0.4) is 0 Å². The zero-order chi connectivity index (χ0) is 16.4. The van der Waals surface area contributed by atoms with E-state index in [0.29, 0.717) is 17.1 Å². The summed E-state index contributed by atoms with van der Waals surface area (Å²) in [4.78, 5) is 17.5. The first kappa shape index (κ1) is 15.6. The van der Waals surface area contributed by atoms with Gasteiger partial charge in [-0.05, 0) is 31.5 Å². The number of halogens is 1. The fraction of sp³-hybridized carbons (Fsp3) is 0.312. The topological polar surface area (TPSA) is 68.5 Å². The fourth-order valence-corrected chi connectivity index (χ4v) is 2.36. The maximum atomic E-state index is 12.3. The highest BCUT2D eigenvalue weighted by Gasteiger charge is 2.29. The second-order valence-electron chi connectivity index (χ2n) is 5.64. The van der Waals surface area contributed by atoms with E-state index in [2.05, 4.69) is 15.6 Å². The lowest BCUT2D eigenvalue weighted by molar-refractivity contribution is -0.125. The Hall–Kier alpha value is -2.34. The van der Waals surface area contributed by atoms with Crippen molar-refractivity contribution >= 4 is 28.9 Å². The number of anilines is 1. The Kier molecular flexibility index (Phi) is 4.34. The molecule has 23 heavy (non-hydrogen) atoms. The number of rotatable bonds is 4. The van der Waals surface area contributed by atoms with Gasteiger partial charge < -0.3 is 10.2 Å². The Morgan fingerprint density at radius 1 is 1.39 bits per heavy atom. The van der Waals surface area contributed by atoms with Crippen molar-refractivity contribution in [1.82, 2.24) is 9.78 Å². The summed E-state index contributed by atoms with van der Waals surface area (Å²) in [6, 6.07) is 7.53. The monoisotopic (exact) mass is 332 g/mol. The van der Waals surface area contributed by atoms with E-state index in [1.807, 2.05) is 26.0 Å². The van der Waals surface area contributed by atoms with Crippen LogP contribution < -0.4 is 5.32 Å². The second-order valence-corrected chi connectivity index (χ2v) is 6.07. The van der Waals surface area contributed by atoms with E-state index in [9.17, 15) is 4.79 Å². The molecule has 1 N–H and O–H groups in total. The van der Waals surface area contributed by atoms with E-state index in [0.717, 1.165) is 11.3 Å². The number of benzene rings is 1. The molecule has 2 aromatic rings. The third-order valence-electron chi connectivity index (χ3n) is 3.54. The van der Waals surface area contributed by atoms with Crippen LogP contribution in [0.1, 0.15) is 31.9 Å². The number of hydrogen-bond acceptors (Lipinski definition) is 4. The van der Waals surface area contributed by atoms with Gasteiger partial charge in [0.2, 0.25) is 6.10 Å². The van der Waals surface area contributed by atoms with Gasteiger partial charge in [0.05, 0.1) is 17.6 Å². The van der Waals surface area contributed by atoms with Gasteiger partial charge in [0.15, 0.2) is 0 Å². The van der Waals surface area contributed by atoms with Crippen molar-refractivity contribution in [2.45, 2.75) is 32.4 Å². The smallest absolute Gasteiger partial charge is 0.268 e. The Morgan fingerprint density at radius 2 is 2.13 bits per heavy atom. The zero-order valence-corrected chi connectivity index (χ0v) is 13.6. The molecule has 1 aliphatic rings. The molecule has 1 amide bonds. The molecular weight excluding hydrogens is 316 g/mol. The average Bonchev–Trinajstić information content (AvgIpc) is 3.17. The van der Waals surface area contributed by atoms with Crippen molar-refractivity contribution in [3.8, 4) is 0 Å². The largest absolute Gasteiger partial charge is 0.382 e. The number of amides is 1. The zero-order valence-electron chi connectivity index (χ0n) is 12.9. The highest BCUT2D eigenvalue weighted by atomic mass is 35.5. The fourth-order valence-electron chi connectivity index (χ4n) is 2.24. The highest BCUT2D eigenvalue weighted by molar-refractivity contribution is 6.30. The van der Waals surface area contributed by atoms with Crippen molar-refractivity contribution in [2.24, 2.45) is 5.16 Å².